The molecular weight excluding hydrogens is 258 g/mol. The molecule has 2 N–H and O–H groups in total. The predicted octanol–water partition coefficient (Wildman–Crippen LogP) is 1.31. The second kappa shape index (κ2) is 5.95. The Kier molecular flexibility index (Phi) is 4.48. The van der Waals surface area contributed by atoms with Crippen LogP contribution in [0, 0.1) is 5.92 Å². The molecule has 5 heteroatoms. The van der Waals surface area contributed by atoms with Crippen LogP contribution in [-0.2, 0) is 14.3 Å². The minimum Gasteiger partial charge on any atom is -0.464 e. The molecule has 0 spiro atoms. The van der Waals surface area contributed by atoms with Gasteiger partial charge in [0, 0.05) is 6.08 Å². The molecule has 5 nitrogen and oxygen atoms in total. The van der Waals surface area contributed by atoms with Gasteiger partial charge >= 0.3 is 5.97 Å². The topological polar surface area (TPSA) is 75.6 Å². The van der Waals surface area contributed by atoms with Crippen LogP contribution in [0.4, 0.5) is 0 Å². The summed E-state index contributed by atoms with van der Waals surface area (Å²) in [7, 11) is 0. The van der Waals surface area contributed by atoms with E-state index in [2.05, 4.69) is 5.32 Å². The summed E-state index contributed by atoms with van der Waals surface area (Å²) in [6, 6.07) is 0. The van der Waals surface area contributed by atoms with Gasteiger partial charge in [-0.05, 0) is 38.2 Å². The van der Waals surface area contributed by atoms with Gasteiger partial charge in [0.15, 0.2) is 5.54 Å². The first-order valence-corrected chi connectivity index (χ1v) is 7.38. The SMILES string of the molecule is CCOC(=O)[C@]1([C@@H](O)C2CCCCC2)NC(=O)C=C1C. The number of rotatable bonds is 4. The number of carbonyl (C=O) groups is 2. The van der Waals surface area contributed by atoms with Crippen LogP contribution in [0.15, 0.2) is 11.6 Å². The molecule has 1 amide bonds. The Morgan fingerprint density at radius 2 is 2.15 bits per heavy atom. The number of aliphatic hydroxyl groups excluding tert-OH is 1. The maximum Gasteiger partial charge on any atom is 0.339 e. The molecule has 0 aromatic carbocycles. The quantitative estimate of drug-likeness (QED) is 0.762. The molecule has 1 saturated carbocycles. The van der Waals surface area contributed by atoms with Crippen molar-refractivity contribution in [2.45, 2.75) is 57.6 Å². The van der Waals surface area contributed by atoms with Gasteiger partial charge in [-0.2, -0.15) is 0 Å². The van der Waals surface area contributed by atoms with Crippen molar-refractivity contribution >= 4 is 11.9 Å². The Bertz CT molecular complexity index is 426. The molecule has 0 saturated heterocycles. The smallest absolute Gasteiger partial charge is 0.339 e. The van der Waals surface area contributed by atoms with E-state index in [0.29, 0.717) is 5.57 Å². The summed E-state index contributed by atoms with van der Waals surface area (Å²) in [5.74, 6) is -0.877. The third-order valence-electron chi connectivity index (χ3n) is 4.43. The monoisotopic (exact) mass is 281 g/mol. The van der Waals surface area contributed by atoms with E-state index in [9.17, 15) is 14.7 Å². The number of esters is 1. The van der Waals surface area contributed by atoms with Gasteiger partial charge in [0.25, 0.3) is 0 Å². The van der Waals surface area contributed by atoms with Crippen LogP contribution in [-0.4, -0.2) is 35.2 Å². The van der Waals surface area contributed by atoms with Gasteiger partial charge in [-0.1, -0.05) is 19.3 Å². The van der Waals surface area contributed by atoms with Crippen molar-refractivity contribution in [3.05, 3.63) is 11.6 Å². The van der Waals surface area contributed by atoms with Crippen LogP contribution >= 0.6 is 0 Å². The third kappa shape index (κ3) is 2.46. The average molecular weight is 281 g/mol. The van der Waals surface area contributed by atoms with E-state index in [1.165, 1.54) is 6.08 Å². The van der Waals surface area contributed by atoms with Crippen LogP contribution in [0.1, 0.15) is 46.0 Å². The molecule has 0 unspecified atom stereocenters. The Labute approximate surface area is 119 Å². The van der Waals surface area contributed by atoms with E-state index in [1.807, 2.05) is 0 Å². The molecule has 1 aliphatic carbocycles. The molecule has 1 heterocycles. The molecule has 2 atom stereocenters. The van der Waals surface area contributed by atoms with Gasteiger partial charge in [-0.25, -0.2) is 4.79 Å². The summed E-state index contributed by atoms with van der Waals surface area (Å²) in [5, 5.41) is 13.4. The molecular formula is C15H23NO4. The van der Waals surface area contributed by atoms with E-state index in [0.717, 1.165) is 32.1 Å². The van der Waals surface area contributed by atoms with Crippen molar-refractivity contribution in [3.63, 3.8) is 0 Å². The second-order valence-corrected chi connectivity index (χ2v) is 5.69. The number of nitrogens with one attached hydrogen (secondary N) is 1. The van der Waals surface area contributed by atoms with Crippen LogP contribution in [0.2, 0.25) is 0 Å². The average Bonchev–Trinajstić information content (AvgIpc) is 2.75. The van der Waals surface area contributed by atoms with Gasteiger partial charge in [-0.3, -0.25) is 4.79 Å². The van der Waals surface area contributed by atoms with Gasteiger partial charge < -0.3 is 15.2 Å². The minimum absolute atomic E-state index is 0.0231. The van der Waals surface area contributed by atoms with Crippen molar-refractivity contribution in [1.82, 2.24) is 5.32 Å². The fourth-order valence-electron chi connectivity index (χ4n) is 3.33. The maximum absolute atomic E-state index is 12.4. The number of hydrogen-bond acceptors (Lipinski definition) is 4. The first-order valence-electron chi connectivity index (χ1n) is 7.38. The molecule has 1 aliphatic heterocycles. The molecule has 112 valence electrons. The number of hydrogen-bond donors (Lipinski definition) is 2. The van der Waals surface area contributed by atoms with Crippen LogP contribution in [0.3, 0.4) is 0 Å². The Hall–Kier alpha value is -1.36. The van der Waals surface area contributed by atoms with Crippen molar-refractivity contribution in [2.24, 2.45) is 5.92 Å². The fraction of sp³-hybridized carbons (Fsp3) is 0.733. The van der Waals surface area contributed by atoms with Gasteiger partial charge in [0.05, 0.1) is 12.7 Å². The van der Waals surface area contributed by atoms with Crippen LogP contribution in [0.5, 0.6) is 0 Å². The Balaban J connectivity index is 2.29. The predicted molar refractivity (Wildman–Crippen MR) is 73.8 cm³/mol. The third-order valence-corrected chi connectivity index (χ3v) is 4.43. The summed E-state index contributed by atoms with van der Waals surface area (Å²) < 4.78 is 5.11. The summed E-state index contributed by atoms with van der Waals surface area (Å²) >= 11 is 0. The van der Waals surface area contributed by atoms with Gasteiger partial charge in [0.1, 0.15) is 0 Å². The largest absolute Gasteiger partial charge is 0.464 e. The lowest BCUT2D eigenvalue weighted by Crippen LogP contribution is -2.62. The minimum atomic E-state index is -1.39. The molecule has 2 aliphatic rings. The maximum atomic E-state index is 12.4. The zero-order chi connectivity index (χ0) is 14.8. The highest BCUT2D eigenvalue weighted by molar-refractivity contribution is 6.02. The Morgan fingerprint density at radius 1 is 1.50 bits per heavy atom. The lowest BCUT2D eigenvalue weighted by atomic mass is 9.74. The second-order valence-electron chi connectivity index (χ2n) is 5.69. The standard InChI is InChI=1S/C15H23NO4/c1-3-20-14(19)15(10(2)9-12(17)16-15)13(18)11-7-5-4-6-8-11/h9,11,13,18H,3-8H2,1-2H3,(H,16,17)/t13-,15-/m0/s1. The van der Waals surface area contributed by atoms with E-state index in [1.54, 1.807) is 13.8 Å². The lowest BCUT2D eigenvalue weighted by Gasteiger charge is -2.39. The summed E-state index contributed by atoms with van der Waals surface area (Å²) in [6.45, 7) is 3.64. The zero-order valence-electron chi connectivity index (χ0n) is 12.1. The lowest BCUT2D eigenvalue weighted by molar-refractivity contribution is -0.157. The highest BCUT2D eigenvalue weighted by atomic mass is 16.5. The van der Waals surface area contributed by atoms with E-state index in [4.69, 9.17) is 4.74 Å². The van der Waals surface area contributed by atoms with E-state index in [-0.39, 0.29) is 18.4 Å². The molecule has 2 rings (SSSR count). The van der Waals surface area contributed by atoms with Crippen LogP contribution < -0.4 is 5.32 Å². The first-order chi connectivity index (χ1) is 9.52. The highest BCUT2D eigenvalue weighted by Gasteiger charge is 2.54. The summed E-state index contributed by atoms with van der Waals surface area (Å²) in [6.07, 6.45) is 5.48. The molecule has 0 radical (unpaired) electrons. The Morgan fingerprint density at radius 3 is 2.65 bits per heavy atom. The van der Waals surface area contributed by atoms with Crippen molar-refractivity contribution < 1.29 is 19.4 Å². The molecule has 1 fully saturated rings. The van der Waals surface area contributed by atoms with Crippen molar-refractivity contribution in [2.75, 3.05) is 6.61 Å². The van der Waals surface area contributed by atoms with E-state index < -0.39 is 17.6 Å². The number of amides is 1. The number of aliphatic hydroxyl groups is 1. The van der Waals surface area contributed by atoms with Gasteiger partial charge in [0.2, 0.25) is 5.91 Å². The fourth-order valence-corrected chi connectivity index (χ4v) is 3.33. The molecule has 0 bridgehead atoms. The number of carbonyl (C=O) groups excluding carboxylic acids is 2. The summed E-state index contributed by atoms with van der Waals surface area (Å²) in [4.78, 5) is 24.0. The normalized spacial score (nSPS) is 28.8. The molecule has 20 heavy (non-hydrogen) atoms. The zero-order valence-corrected chi connectivity index (χ0v) is 12.1. The first kappa shape index (κ1) is 15.0. The van der Waals surface area contributed by atoms with Gasteiger partial charge in [-0.15, -0.1) is 0 Å². The molecule has 0 aromatic heterocycles. The highest BCUT2D eigenvalue weighted by Crippen LogP contribution is 2.37. The number of ether oxygens (including phenoxy) is 1. The van der Waals surface area contributed by atoms with Crippen molar-refractivity contribution in [3.8, 4) is 0 Å². The molecule has 0 aromatic rings. The van der Waals surface area contributed by atoms with Crippen LogP contribution in [0.25, 0.3) is 0 Å². The van der Waals surface area contributed by atoms with Crippen molar-refractivity contribution in [1.29, 1.82) is 0 Å². The summed E-state index contributed by atoms with van der Waals surface area (Å²) in [5.41, 5.74) is -0.853. The van der Waals surface area contributed by atoms with E-state index >= 15 is 0 Å².